The molecule has 2 aromatic rings. The molecule has 0 radical (unpaired) electrons. The fraction of sp³-hybridized carbons (Fsp3) is 0.600. The van der Waals surface area contributed by atoms with E-state index in [0.717, 1.165) is 63.4 Å². The largest absolute Gasteiger partial charge is 0.361 e. The summed E-state index contributed by atoms with van der Waals surface area (Å²) >= 11 is 0. The van der Waals surface area contributed by atoms with Crippen LogP contribution in [0.4, 0.5) is 0 Å². The molecule has 162 valence electrons. The van der Waals surface area contributed by atoms with Gasteiger partial charge in [0.15, 0.2) is 0 Å². The minimum Gasteiger partial charge on any atom is -0.361 e. The molecule has 1 aliphatic heterocycles. The van der Waals surface area contributed by atoms with Crippen LogP contribution in [0.5, 0.6) is 0 Å². The number of carbonyl (C=O) groups is 1. The average Bonchev–Trinajstić information content (AvgIpc) is 3.23. The zero-order valence-electron chi connectivity index (χ0n) is 18.9. The molecule has 4 rings (SSSR count). The third kappa shape index (κ3) is 3.80. The van der Waals surface area contributed by atoms with E-state index in [0.29, 0.717) is 18.2 Å². The van der Waals surface area contributed by atoms with Crippen molar-refractivity contribution < 1.29 is 9.32 Å². The average molecular weight is 410 g/mol. The molecule has 0 N–H and O–H groups in total. The maximum absolute atomic E-state index is 12.8. The normalized spacial score (nSPS) is 20.5. The van der Waals surface area contributed by atoms with Crippen molar-refractivity contribution in [1.29, 1.82) is 0 Å². The Morgan fingerprint density at radius 1 is 1.20 bits per heavy atom. The molecule has 1 aromatic heterocycles. The van der Waals surface area contributed by atoms with Crippen molar-refractivity contribution in [1.82, 2.24) is 15.0 Å². The van der Waals surface area contributed by atoms with Gasteiger partial charge in [-0.1, -0.05) is 29.4 Å². The quantitative estimate of drug-likeness (QED) is 0.701. The molecule has 1 atom stereocenters. The Kier molecular flexibility index (Phi) is 6.01. The van der Waals surface area contributed by atoms with Gasteiger partial charge in [-0.2, -0.15) is 0 Å². The summed E-state index contributed by atoms with van der Waals surface area (Å²) in [6, 6.07) is 8.90. The van der Waals surface area contributed by atoms with Crippen molar-refractivity contribution in [3.63, 3.8) is 0 Å². The highest BCUT2D eigenvalue weighted by atomic mass is 16.5. The topological polar surface area (TPSA) is 49.6 Å². The van der Waals surface area contributed by atoms with Gasteiger partial charge in [0, 0.05) is 31.6 Å². The molecule has 5 heteroatoms. The van der Waals surface area contributed by atoms with Gasteiger partial charge in [-0.3, -0.25) is 9.69 Å². The first-order valence-corrected chi connectivity index (χ1v) is 11.5. The number of nitrogens with zero attached hydrogens (tertiary/aromatic N) is 3. The smallest absolute Gasteiger partial charge is 0.223 e. The van der Waals surface area contributed by atoms with E-state index in [9.17, 15) is 4.79 Å². The Labute approximate surface area is 180 Å². The first-order valence-electron chi connectivity index (χ1n) is 11.5. The van der Waals surface area contributed by atoms with Crippen LogP contribution in [0.25, 0.3) is 0 Å². The zero-order chi connectivity index (χ0) is 21.3. The van der Waals surface area contributed by atoms with Crippen LogP contribution < -0.4 is 0 Å². The van der Waals surface area contributed by atoms with Crippen molar-refractivity contribution in [2.24, 2.45) is 0 Å². The number of hydrogen-bond acceptors (Lipinski definition) is 4. The SMILES string of the molecule is CCN(CC)C(=O)C[C@H]1CC2(CCN(Cc3c(C)noc3C)CC2)c2ccccc21. The molecule has 30 heavy (non-hydrogen) atoms. The summed E-state index contributed by atoms with van der Waals surface area (Å²) in [4.78, 5) is 17.3. The van der Waals surface area contributed by atoms with E-state index in [-0.39, 0.29) is 5.41 Å². The Bertz CT molecular complexity index is 872. The number of piperidine rings is 1. The third-order valence-electron chi connectivity index (χ3n) is 7.52. The summed E-state index contributed by atoms with van der Waals surface area (Å²) in [7, 11) is 0. The molecule has 1 amide bonds. The monoisotopic (exact) mass is 409 g/mol. The molecule has 1 aromatic carbocycles. The molecule has 2 heterocycles. The van der Waals surface area contributed by atoms with Gasteiger partial charge in [-0.05, 0) is 82.5 Å². The van der Waals surface area contributed by atoms with Gasteiger partial charge in [0.25, 0.3) is 0 Å². The van der Waals surface area contributed by atoms with E-state index in [1.807, 2.05) is 18.7 Å². The highest BCUT2D eigenvalue weighted by molar-refractivity contribution is 5.77. The Balaban J connectivity index is 1.48. The summed E-state index contributed by atoms with van der Waals surface area (Å²) in [5.74, 6) is 1.59. The highest BCUT2D eigenvalue weighted by Crippen LogP contribution is 2.52. The minimum absolute atomic E-state index is 0.222. The van der Waals surface area contributed by atoms with E-state index in [1.165, 1.54) is 16.7 Å². The van der Waals surface area contributed by atoms with Crippen molar-refractivity contribution in [3.8, 4) is 0 Å². The van der Waals surface area contributed by atoms with Gasteiger partial charge >= 0.3 is 0 Å². The van der Waals surface area contributed by atoms with E-state index >= 15 is 0 Å². The van der Waals surface area contributed by atoms with Crippen LogP contribution in [0.3, 0.4) is 0 Å². The first kappa shape index (κ1) is 21.1. The van der Waals surface area contributed by atoms with Gasteiger partial charge in [0.1, 0.15) is 5.76 Å². The van der Waals surface area contributed by atoms with Crippen molar-refractivity contribution in [2.45, 2.75) is 71.3 Å². The lowest BCUT2D eigenvalue weighted by atomic mass is 9.73. The van der Waals surface area contributed by atoms with Gasteiger partial charge in [0.05, 0.1) is 5.69 Å². The van der Waals surface area contributed by atoms with E-state index in [1.54, 1.807) is 0 Å². The van der Waals surface area contributed by atoms with Crippen LogP contribution >= 0.6 is 0 Å². The zero-order valence-corrected chi connectivity index (χ0v) is 18.9. The molecule has 0 unspecified atom stereocenters. The van der Waals surface area contributed by atoms with Crippen LogP contribution in [-0.4, -0.2) is 47.0 Å². The van der Waals surface area contributed by atoms with Crippen LogP contribution in [0.2, 0.25) is 0 Å². The van der Waals surface area contributed by atoms with Crippen molar-refractivity contribution in [3.05, 3.63) is 52.4 Å². The number of rotatable bonds is 6. The minimum atomic E-state index is 0.222. The second-order valence-electron chi connectivity index (χ2n) is 9.12. The van der Waals surface area contributed by atoms with E-state index in [2.05, 4.69) is 48.2 Å². The lowest BCUT2D eigenvalue weighted by molar-refractivity contribution is -0.131. The first-order chi connectivity index (χ1) is 14.5. The number of benzene rings is 1. The number of amides is 1. The number of aryl methyl sites for hydroxylation is 2. The molecule has 1 saturated heterocycles. The summed E-state index contributed by atoms with van der Waals surface area (Å²) in [5.41, 5.74) is 5.38. The summed E-state index contributed by atoms with van der Waals surface area (Å²) in [6.45, 7) is 12.8. The second kappa shape index (κ2) is 8.54. The Hall–Kier alpha value is -2.14. The van der Waals surface area contributed by atoms with E-state index in [4.69, 9.17) is 4.52 Å². The predicted molar refractivity (Wildman–Crippen MR) is 119 cm³/mol. The van der Waals surface area contributed by atoms with Gasteiger partial charge < -0.3 is 9.42 Å². The standard InChI is InChI=1S/C25H35N3O2/c1-5-28(6-2)24(29)15-20-16-25(23-10-8-7-9-21(20)23)11-13-27(14-12-25)17-22-18(3)26-30-19(22)4/h7-10,20H,5-6,11-17H2,1-4H3/t20-/m0/s1. The molecule has 1 fully saturated rings. The lowest BCUT2D eigenvalue weighted by Gasteiger charge is -2.40. The van der Waals surface area contributed by atoms with Crippen LogP contribution in [0, 0.1) is 13.8 Å². The van der Waals surface area contributed by atoms with Crippen molar-refractivity contribution in [2.75, 3.05) is 26.2 Å². The van der Waals surface area contributed by atoms with Gasteiger partial charge in [-0.15, -0.1) is 0 Å². The fourth-order valence-electron chi connectivity index (χ4n) is 5.69. The van der Waals surface area contributed by atoms with Gasteiger partial charge in [0.2, 0.25) is 5.91 Å². The fourth-order valence-corrected chi connectivity index (χ4v) is 5.69. The summed E-state index contributed by atoms with van der Waals surface area (Å²) in [5, 5.41) is 4.11. The number of likely N-dealkylation sites (tertiary alicyclic amines) is 1. The van der Waals surface area contributed by atoms with E-state index < -0.39 is 0 Å². The van der Waals surface area contributed by atoms with Crippen LogP contribution in [0.15, 0.2) is 28.8 Å². The van der Waals surface area contributed by atoms with Crippen LogP contribution in [0.1, 0.15) is 73.6 Å². The maximum atomic E-state index is 12.8. The maximum Gasteiger partial charge on any atom is 0.223 e. The highest BCUT2D eigenvalue weighted by Gasteiger charge is 2.45. The van der Waals surface area contributed by atoms with Crippen molar-refractivity contribution >= 4 is 5.91 Å². The third-order valence-corrected chi connectivity index (χ3v) is 7.52. The second-order valence-corrected chi connectivity index (χ2v) is 9.12. The lowest BCUT2D eigenvalue weighted by Crippen LogP contribution is -2.41. The molecule has 1 spiro atoms. The number of carbonyl (C=O) groups excluding carboxylic acids is 1. The van der Waals surface area contributed by atoms with Crippen LogP contribution in [-0.2, 0) is 16.8 Å². The molecule has 2 aliphatic rings. The van der Waals surface area contributed by atoms with Gasteiger partial charge in [-0.25, -0.2) is 0 Å². The molecule has 5 nitrogen and oxygen atoms in total. The predicted octanol–water partition coefficient (Wildman–Crippen LogP) is 4.57. The summed E-state index contributed by atoms with van der Waals surface area (Å²) < 4.78 is 5.35. The molecular formula is C25H35N3O2. The summed E-state index contributed by atoms with van der Waals surface area (Å²) in [6.07, 6.45) is 4.06. The molecule has 0 saturated carbocycles. The molecular weight excluding hydrogens is 374 g/mol. The Morgan fingerprint density at radius 3 is 2.53 bits per heavy atom. The number of hydrogen-bond donors (Lipinski definition) is 0. The number of aromatic nitrogens is 1. The Morgan fingerprint density at radius 2 is 1.90 bits per heavy atom. The molecule has 1 aliphatic carbocycles. The number of fused-ring (bicyclic) bond motifs is 2. The molecule has 0 bridgehead atoms.